The molecule has 1 atom stereocenters. The fraction of sp³-hybridized carbons (Fsp3) is 0.389. The molecule has 1 aliphatic rings. The van der Waals surface area contributed by atoms with E-state index in [1.54, 1.807) is 13.0 Å². The first kappa shape index (κ1) is 19.9. The van der Waals surface area contributed by atoms with Crippen molar-refractivity contribution >= 4 is 27.3 Å². The predicted octanol–water partition coefficient (Wildman–Crippen LogP) is 3.23. The maximum atomic E-state index is 13.3. The van der Waals surface area contributed by atoms with Crippen molar-refractivity contribution < 1.29 is 22.0 Å². The van der Waals surface area contributed by atoms with Gasteiger partial charge in [-0.2, -0.15) is 4.31 Å². The lowest BCUT2D eigenvalue weighted by Gasteiger charge is -2.14. The minimum absolute atomic E-state index is 0.0220. The number of carbonyl (C=O) groups is 1. The van der Waals surface area contributed by atoms with Gasteiger partial charge in [0.1, 0.15) is 4.21 Å². The molecule has 0 radical (unpaired) electrons. The number of hydrogen-bond acceptors (Lipinski definition) is 4. The number of hydrogen-bond donors (Lipinski definition) is 1. The number of carbonyl (C=O) groups excluding carboxylic acids is 1. The van der Waals surface area contributed by atoms with Gasteiger partial charge in [-0.15, -0.1) is 11.3 Å². The Balaban J connectivity index is 1.63. The van der Waals surface area contributed by atoms with Gasteiger partial charge in [0, 0.05) is 18.0 Å². The predicted molar refractivity (Wildman–Crippen MR) is 98.9 cm³/mol. The minimum Gasteiger partial charge on any atom is -0.349 e. The van der Waals surface area contributed by atoms with E-state index < -0.39 is 27.7 Å². The molecule has 146 valence electrons. The Kier molecular flexibility index (Phi) is 5.92. The quantitative estimate of drug-likeness (QED) is 0.789. The van der Waals surface area contributed by atoms with Crippen LogP contribution < -0.4 is 5.32 Å². The smallest absolute Gasteiger partial charge is 0.252 e. The molecule has 1 unspecified atom stereocenters. The molecule has 0 aliphatic carbocycles. The first-order chi connectivity index (χ1) is 12.8. The largest absolute Gasteiger partial charge is 0.349 e. The molecule has 1 saturated heterocycles. The topological polar surface area (TPSA) is 66.5 Å². The molecular weight excluding hydrogens is 394 g/mol. The number of sulfonamides is 1. The van der Waals surface area contributed by atoms with Crippen LogP contribution in [-0.2, 0) is 21.2 Å². The zero-order valence-corrected chi connectivity index (χ0v) is 16.4. The summed E-state index contributed by atoms with van der Waals surface area (Å²) in [5, 5.41) is 2.71. The van der Waals surface area contributed by atoms with Crippen LogP contribution in [0.5, 0.6) is 0 Å². The fourth-order valence-corrected chi connectivity index (χ4v) is 5.99. The van der Waals surface area contributed by atoms with Gasteiger partial charge in [-0.3, -0.25) is 4.79 Å². The Labute approximate surface area is 161 Å². The van der Waals surface area contributed by atoms with E-state index in [0.29, 0.717) is 23.5 Å². The van der Waals surface area contributed by atoms with E-state index in [2.05, 4.69) is 5.32 Å². The fourth-order valence-electron chi connectivity index (χ4n) is 2.96. The van der Waals surface area contributed by atoms with Crippen molar-refractivity contribution in [3.8, 4) is 0 Å². The third-order valence-electron chi connectivity index (χ3n) is 4.45. The highest BCUT2D eigenvalue weighted by Gasteiger charge is 2.28. The molecule has 0 bridgehead atoms. The zero-order chi connectivity index (χ0) is 19.6. The lowest BCUT2D eigenvalue weighted by atomic mass is 10.1. The average Bonchev–Trinajstić information content (AvgIpc) is 3.29. The molecule has 1 aliphatic heterocycles. The van der Waals surface area contributed by atoms with Crippen LogP contribution in [-0.4, -0.2) is 31.7 Å². The average molecular weight is 414 g/mol. The van der Waals surface area contributed by atoms with Crippen molar-refractivity contribution in [2.24, 2.45) is 0 Å². The summed E-state index contributed by atoms with van der Waals surface area (Å²) in [4.78, 5) is 12.9. The van der Waals surface area contributed by atoms with Gasteiger partial charge in [0.05, 0.1) is 12.5 Å². The Hall–Kier alpha value is -1.84. The summed E-state index contributed by atoms with van der Waals surface area (Å²) in [6, 6.07) is 6.14. The van der Waals surface area contributed by atoms with Crippen molar-refractivity contribution in [2.45, 2.75) is 36.4 Å². The molecule has 27 heavy (non-hydrogen) atoms. The first-order valence-corrected chi connectivity index (χ1v) is 10.9. The summed E-state index contributed by atoms with van der Waals surface area (Å²) in [7, 11) is -3.49. The molecule has 5 nitrogen and oxygen atoms in total. The highest BCUT2D eigenvalue weighted by atomic mass is 32.2. The summed E-state index contributed by atoms with van der Waals surface area (Å²) in [6.45, 7) is 2.73. The molecule has 1 N–H and O–H groups in total. The lowest BCUT2D eigenvalue weighted by molar-refractivity contribution is -0.121. The van der Waals surface area contributed by atoms with Gasteiger partial charge in [0.15, 0.2) is 11.6 Å². The van der Waals surface area contributed by atoms with Crippen molar-refractivity contribution in [1.29, 1.82) is 0 Å². The highest BCUT2D eigenvalue weighted by Crippen LogP contribution is 2.27. The second-order valence-corrected chi connectivity index (χ2v) is 9.80. The molecule has 1 fully saturated rings. The van der Waals surface area contributed by atoms with Crippen LogP contribution in [0.2, 0.25) is 0 Å². The molecule has 1 aromatic carbocycles. The summed E-state index contributed by atoms with van der Waals surface area (Å²) in [6.07, 6.45) is 1.75. The first-order valence-electron chi connectivity index (χ1n) is 8.60. The third-order valence-corrected chi connectivity index (χ3v) is 7.90. The van der Waals surface area contributed by atoms with Crippen LogP contribution in [0.3, 0.4) is 0 Å². The maximum Gasteiger partial charge on any atom is 0.252 e. The van der Waals surface area contributed by atoms with E-state index in [0.717, 1.165) is 36.3 Å². The van der Waals surface area contributed by atoms with Crippen LogP contribution >= 0.6 is 11.3 Å². The number of halogens is 2. The van der Waals surface area contributed by atoms with Crippen LogP contribution in [0.4, 0.5) is 8.78 Å². The second-order valence-electron chi connectivity index (χ2n) is 6.47. The molecule has 2 aromatic rings. The number of rotatable bonds is 6. The van der Waals surface area contributed by atoms with Gasteiger partial charge in [-0.1, -0.05) is 6.07 Å². The van der Waals surface area contributed by atoms with Gasteiger partial charge >= 0.3 is 0 Å². The van der Waals surface area contributed by atoms with E-state index in [1.165, 1.54) is 16.4 Å². The molecule has 1 amide bonds. The highest BCUT2D eigenvalue weighted by molar-refractivity contribution is 7.91. The molecule has 2 heterocycles. The van der Waals surface area contributed by atoms with Crippen LogP contribution in [0.15, 0.2) is 34.5 Å². The van der Waals surface area contributed by atoms with Gasteiger partial charge in [0.2, 0.25) is 5.91 Å². The van der Waals surface area contributed by atoms with E-state index in [-0.39, 0.29) is 16.5 Å². The maximum absolute atomic E-state index is 13.3. The monoisotopic (exact) mass is 414 g/mol. The van der Waals surface area contributed by atoms with Crippen LogP contribution in [0, 0.1) is 11.6 Å². The Morgan fingerprint density at radius 2 is 1.89 bits per heavy atom. The van der Waals surface area contributed by atoms with E-state index in [1.807, 2.05) is 0 Å². The van der Waals surface area contributed by atoms with Crippen molar-refractivity contribution in [3.05, 3.63) is 52.4 Å². The number of benzene rings is 1. The molecule has 3 rings (SSSR count). The van der Waals surface area contributed by atoms with Crippen LogP contribution in [0.1, 0.15) is 36.2 Å². The minimum atomic E-state index is -3.49. The van der Waals surface area contributed by atoms with E-state index >= 15 is 0 Å². The van der Waals surface area contributed by atoms with Gasteiger partial charge in [0.25, 0.3) is 10.0 Å². The number of nitrogens with zero attached hydrogens (tertiary/aromatic N) is 1. The Bertz CT molecular complexity index is 938. The van der Waals surface area contributed by atoms with E-state index in [9.17, 15) is 22.0 Å². The van der Waals surface area contributed by atoms with E-state index in [4.69, 9.17) is 0 Å². The lowest BCUT2D eigenvalue weighted by Crippen LogP contribution is -2.28. The number of amides is 1. The Morgan fingerprint density at radius 1 is 1.19 bits per heavy atom. The molecule has 0 spiro atoms. The normalized spacial score (nSPS) is 16.4. The van der Waals surface area contributed by atoms with Crippen molar-refractivity contribution in [2.75, 3.05) is 13.1 Å². The number of thiophene rings is 1. The van der Waals surface area contributed by atoms with Crippen LogP contribution in [0.25, 0.3) is 0 Å². The number of nitrogens with one attached hydrogen (secondary N) is 1. The van der Waals surface area contributed by atoms with Gasteiger partial charge < -0.3 is 5.32 Å². The molecular formula is C18H20F2N2O3S2. The van der Waals surface area contributed by atoms with Gasteiger partial charge in [-0.05, 0) is 49.6 Å². The van der Waals surface area contributed by atoms with Crippen molar-refractivity contribution in [1.82, 2.24) is 9.62 Å². The standard InChI is InChI=1S/C18H20F2N2O3S2/c1-12(13-4-6-15(19)16(20)10-13)21-17(23)11-14-5-7-18(26-14)27(24,25)22-8-2-3-9-22/h4-7,10,12H,2-3,8-9,11H2,1H3,(H,21,23). The molecule has 1 aromatic heterocycles. The Morgan fingerprint density at radius 3 is 2.56 bits per heavy atom. The molecule has 0 saturated carbocycles. The summed E-state index contributed by atoms with van der Waals surface area (Å²) >= 11 is 1.08. The third kappa shape index (κ3) is 4.53. The SMILES string of the molecule is CC(NC(=O)Cc1ccc(S(=O)(=O)N2CCCC2)s1)c1ccc(F)c(F)c1. The van der Waals surface area contributed by atoms with Gasteiger partial charge in [-0.25, -0.2) is 17.2 Å². The zero-order valence-electron chi connectivity index (χ0n) is 14.7. The summed E-state index contributed by atoms with van der Waals surface area (Å²) < 4.78 is 53.1. The summed E-state index contributed by atoms with van der Waals surface area (Å²) in [5.74, 6) is -2.23. The molecule has 9 heteroatoms. The van der Waals surface area contributed by atoms with Crippen molar-refractivity contribution in [3.63, 3.8) is 0 Å². The second kappa shape index (κ2) is 8.04. The summed E-state index contributed by atoms with van der Waals surface area (Å²) in [5.41, 5.74) is 0.450.